The molecule has 0 aliphatic heterocycles. The van der Waals surface area contributed by atoms with Crippen LogP contribution in [0, 0.1) is 11.6 Å². The van der Waals surface area contributed by atoms with Crippen molar-refractivity contribution in [2.24, 2.45) is 0 Å². The predicted octanol–water partition coefficient (Wildman–Crippen LogP) is 4.98. The van der Waals surface area contributed by atoms with Crippen LogP contribution in [0.5, 0.6) is 0 Å². The highest BCUT2D eigenvalue weighted by Crippen LogP contribution is 2.29. The molecule has 0 unspecified atom stereocenters. The van der Waals surface area contributed by atoms with E-state index < -0.39 is 23.3 Å². The SMILES string of the molecule is CC(C)(C)OC(=O)n1cc(Br)cc1-c1cccc(F)c1F. The van der Waals surface area contributed by atoms with Crippen molar-refractivity contribution in [3.63, 3.8) is 0 Å². The first kappa shape index (κ1) is 15.7. The third kappa shape index (κ3) is 3.50. The minimum Gasteiger partial charge on any atom is -0.443 e. The fourth-order valence-corrected chi connectivity index (χ4v) is 2.22. The zero-order valence-electron chi connectivity index (χ0n) is 11.8. The van der Waals surface area contributed by atoms with Crippen LogP contribution < -0.4 is 0 Å². The van der Waals surface area contributed by atoms with Gasteiger partial charge in [-0.1, -0.05) is 6.07 Å². The number of ether oxygens (including phenoxy) is 1. The van der Waals surface area contributed by atoms with Gasteiger partial charge in [-0.3, -0.25) is 4.57 Å². The summed E-state index contributed by atoms with van der Waals surface area (Å²) in [6.07, 6.45) is 0.792. The molecular formula is C15H14BrF2NO2. The van der Waals surface area contributed by atoms with Gasteiger partial charge in [0.25, 0.3) is 0 Å². The van der Waals surface area contributed by atoms with Crippen molar-refractivity contribution in [3.8, 4) is 11.3 Å². The third-order valence-electron chi connectivity index (χ3n) is 2.60. The number of benzene rings is 1. The van der Waals surface area contributed by atoms with Crippen molar-refractivity contribution in [1.82, 2.24) is 4.57 Å². The van der Waals surface area contributed by atoms with Gasteiger partial charge in [-0.15, -0.1) is 0 Å². The van der Waals surface area contributed by atoms with Crippen molar-refractivity contribution in [2.75, 3.05) is 0 Å². The second-order valence-corrected chi connectivity index (χ2v) is 6.41. The van der Waals surface area contributed by atoms with Gasteiger partial charge in [0.05, 0.1) is 5.69 Å². The van der Waals surface area contributed by atoms with Crippen LogP contribution in [0.4, 0.5) is 13.6 Å². The molecule has 0 saturated heterocycles. The molecule has 112 valence electrons. The molecule has 0 aliphatic carbocycles. The molecule has 0 amide bonds. The van der Waals surface area contributed by atoms with Crippen LogP contribution >= 0.6 is 15.9 Å². The highest BCUT2D eigenvalue weighted by atomic mass is 79.9. The Balaban J connectivity index is 2.51. The molecule has 2 aromatic rings. The first-order valence-corrected chi connectivity index (χ1v) is 7.04. The van der Waals surface area contributed by atoms with Crippen LogP contribution in [0.15, 0.2) is 34.9 Å². The number of hydrogen-bond donors (Lipinski definition) is 0. The first-order chi connectivity index (χ1) is 9.69. The number of carbonyl (C=O) groups is 1. The number of carbonyl (C=O) groups excluding carboxylic acids is 1. The Labute approximate surface area is 129 Å². The number of halogens is 3. The van der Waals surface area contributed by atoms with Crippen LogP contribution in [0.25, 0.3) is 11.3 Å². The topological polar surface area (TPSA) is 31.2 Å². The van der Waals surface area contributed by atoms with Crippen molar-refractivity contribution in [3.05, 3.63) is 46.6 Å². The van der Waals surface area contributed by atoms with E-state index >= 15 is 0 Å². The zero-order chi connectivity index (χ0) is 15.8. The van der Waals surface area contributed by atoms with E-state index in [0.717, 1.165) is 10.6 Å². The minimum absolute atomic E-state index is 0.00782. The zero-order valence-corrected chi connectivity index (χ0v) is 13.4. The summed E-state index contributed by atoms with van der Waals surface area (Å²) in [5, 5.41) is 0. The molecule has 2 rings (SSSR count). The maximum absolute atomic E-state index is 13.9. The monoisotopic (exact) mass is 357 g/mol. The molecule has 21 heavy (non-hydrogen) atoms. The number of rotatable bonds is 1. The van der Waals surface area contributed by atoms with Gasteiger partial charge in [0.1, 0.15) is 5.60 Å². The predicted molar refractivity (Wildman–Crippen MR) is 79.1 cm³/mol. The first-order valence-electron chi connectivity index (χ1n) is 6.24. The van der Waals surface area contributed by atoms with E-state index in [1.807, 2.05) is 0 Å². The molecule has 0 fully saturated rings. The van der Waals surface area contributed by atoms with E-state index in [1.54, 1.807) is 20.8 Å². The van der Waals surface area contributed by atoms with E-state index in [9.17, 15) is 13.6 Å². The maximum Gasteiger partial charge on any atom is 0.419 e. The Hall–Kier alpha value is -1.69. The van der Waals surface area contributed by atoms with Gasteiger partial charge in [0, 0.05) is 16.2 Å². The molecular weight excluding hydrogens is 344 g/mol. The molecule has 0 spiro atoms. The molecule has 0 N–H and O–H groups in total. The van der Waals surface area contributed by atoms with Gasteiger partial charge in [-0.05, 0) is 54.9 Å². The lowest BCUT2D eigenvalue weighted by atomic mass is 10.1. The van der Waals surface area contributed by atoms with Crippen molar-refractivity contribution < 1.29 is 18.3 Å². The van der Waals surface area contributed by atoms with Gasteiger partial charge in [0.2, 0.25) is 0 Å². The summed E-state index contributed by atoms with van der Waals surface area (Å²) in [6, 6.07) is 5.34. The van der Waals surface area contributed by atoms with E-state index in [2.05, 4.69) is 15.9 Å². The van der Waals surface area contributed by atoms with Crippen molar-refractivity contribution >= 4 is 22.0 Å². The molecule has 1 aromatic heterocycles. The van der Waals surface area contributed by atoms with Crippen LogP contribution in [0.2, 0.25) is 0 Å². The number of hydrogen-bond acceptors (Lipinski definition) is 2. The van der Waals surface area contributed by atoms with Gasteiger partial charge in [-0.2, -0.15) is 0 Å². The summed E-state index contributed by atoms with van der Waals surface area (Å²) in [5.41, 5.74) is -0.481. The largest absolute Gasteiger partial charge is 0.443 e. The molecule has 0 radical (unpaired) electrons. The molecule has 6 heteroatoms. The van der Waals surface area contributed by atoms with Crippen LogP contribution in [-0.4, -0.2) is 16.3 Å². The average molecular weight is 358 g/mol. The van der Waals surface area contributed by atoms with Crippen LogP contribution in [0.1, 0.15) is 20.8 Å². The van der Waals surface area contributed by atoms with Gasteiger partial charge < -0.3 is 4.74 Å². The Morgan fingerprint density at radius 1 is 1.29 bits per heavy atom. The lowest BCUT2D eigenvalue weighted by Crippen LogP contribution is -2.27. The Morgan fingerprint density at radius 2 is 1.95 bits per heavy atom. The van der Waals surface area contributed by atoms with E-state index in [0.29, 0.717) is 4.47 Å². The van der Waals surface area contributed by atoms with E-state index in [1.165, 1.54) is 24.4 Å². The highest BCUT2D eigenvalue weighted by Gasteiger charge is 2.22. The van der Waals surface area contributed by atoms with Gasteiger partial charge in [0.15, 0.2) is 11.6 Å². The van der Waals surface area contributed by atoms with Gasteiger partial charge in [-0.25, -0.2) is 13.6 Å². The second-order valence-electron chi connectivity index (χ2n) is 5.50. The van der Waals surface area contributed by atoms with E-state index in [-0.39, 0.29) is 11.3 Å². The summed E-state index contributed by atoms with van der Waals surface area (Å²) >= 11 is 3.23. The standard InChI is InChI=1S/C15H14BrF2NO2/c1-15(2,3)21-14(20)19-8-9(16)7-12(19)10-5-4-6-11(17)13(10)18/h4-8H,1-3H3. The molecule has 0 atom stereocenters. The molecule has 0 bridgehead atoms. The second kappa shape index (κ2) is 5.60. The van der Waals surface area contributed by atoms with Gasteiger partial charge >= 0.3 is 6.09 Å². The quantitative estimate of drug-likeness (QED) is 0.720. The lowest BCUT2D eigenvalue weighted by molar-refractivity contribution is 0.0540. The number of nitrogens with zero attached hydrogens (tertiary/aromatic N) is 1. The van der Waals surface area contributed by atoms with E-state index in [4.69, 9.17) is 4.74 Å². The highest BCUT2D eigenvalue weighted by molar-refractivity contribution is 9.10. The van der Waals surface area contributed by atoms with Crippen molar-refractivity contribution in [2.45, 2.75) is 26.4 Å². The summed E-state index contributed by atoms with van der Waals surface area (Å²) in [4.78, 5) is 12.2. The number of aromatic nitrogens is 1. The van der Waals surface area contributed by atoms with Crippen molar-refractivity contribution in [1.29, 1.82) is 0 Å². The smallest absolute Gasteiger partial charge is 0.419 e. The lowest BCUT2D eigenvalue weighted by Gasteiger charge is -2.20. The molecule has 0 aliphatic rings. The van der Waals surface area contributed by atoms with Crippen LogP contribution in [-0.2, 0) is 4.74 Å². The average Bonchev–Trinajstić information content (AvgIpc) is 2.73. The Kier molecular flexibility index (Phi) is 4.18. The Morgan fingerprint density at radius 3 is 2.57 bits per heavy atom. The summed E-state index contributed by atoms with van der Waals surface area (Å²) in [7, 11) is 0. The minimum atomic E-state index is -1.01. The summed E-state index contributed by atoms with van der Waals surface area (Å²) in [6.45, 7) is 5.18. The third-order valence-corrected chi connectivity index (χ3v) is 3.04. The fraction of sp³-hybridized carbons (Fsp3) is 0.267. The maximum atomic E-state index is 13.9. The van der Waals surface area contributed by atoms with Crippen LogP contribution in [0.3, 0.4) is 0 Å². The molecule has 1 heterocycles. The Bertz CT molecular complexity index is 689. The summed E-state index contributed by atoms with van der Waals surface area (Å²) < 4.78 is 34.3. The molecule has 0 saturated carbocycles. The normalized spacial score (nSPS) is 11.5. The summed E-state index contributed by atoms with van der Waals surface area (Å²) in [5.74, 6) is -1.98. The fourth-order valence-electron chi connectivity index (χ4n) is 1.80. The molecule has 1 aromatic carbocycles. The molecule has 3 nitrogen and oxygen atoms in total.